The van der Waals surface area contributed by atoms with Gasteiger partial charge in [-0.05, 0) is 24.0 Å². The summed E-state index contributed by atoms with van der Waals surface area (Å²) in [4.78, 5) is 0.793. The van der Waals surface area contributed by atoms with Crippen molar-refractivity contribution in [3.05, 3.63) is 0 Å². The van der Waals surface area contributed by atoms with E-state index in [1.807, 2.05) is 0 Å². The van der Waals surface area contributed by atoms with Crippen LogP contribution in [0.15, 0.2) is 0 Å². The Kier molecular flexibility index (Phi) is 4.29. The van der Waals surface area contributed by atoms with E-state index in [9.17, 15) is 0 Å². The summed E-state index contributed by atoms with van der Waals surface area (Å²) in [6.07, 6.45) is 2.75. The number of hydrogen-bond donors (Lipinski definition) is 0. The molecular formula is C9H17BrS. The van der Waals surface area contributed by atoms with Gasteiger partial charge in [-0.15, -0.1) is 0 Å². The van der Waals surface area contributed by atoms with Crippen molar-refractivity contribution in [1.29, 1.82) is 0 Å². The topological polar surface area (TPSA) is 0 Å². The Morgan fingerprint density at radius 3 is 2.73 bits per heavy atom. The zero-order chi connectivity index (χ0) is 8.27. The second-order valence-corrected chi connectivity index (χ2v) is 5.81. The number of thioether (sulfide) groups is 1. The predicted molar refractivity (Wildman–Crippen MR) is 57.6 cm³/mol. The van der Waals surface area contributed by atoms with Gasteiger partial charge in [-0.1, -0.05) is 36.2 Å². The molecule has 0 aliphatic carbocycles. The first-order valence-corrected chi connectivity index (χ1v) is 6.52. The third-order valence-electron chi connectivity index (χ3n) is 2.52. The lowest BCUT2D eigenvalue weighted by Crippen LogP contribution is -2.14. The maximum Gasteiger partial charge on any atom is 0.0272 e. The minimum atomic E-state index is 0.793. The summed E-state index contributed by atoms with van der Waals surface area (Å²) in [6, 6.07) is 0. The van der Waals surface area contributed by atoms with Gasteiger partial charge in [0.05, 0.1) is 0 Å². The van der Waals surface area contributed by atoms with Crippen LogP contribution in [0.3, 0.4) is 0 Å². The van der Waals surface area contributed by atoms with Crippen molar-refractivity contribution in [3.63, 3.8) is 0 Å². The molecule has 11 heavy (non-hydrogen) atoms. The maximum absolute atomic E-state index is 3.74. The summed E-state index contributed by atoms with van der Waals surface area (Å²) in [5.41, 5.74) is 0. The molecule has 0 aromatic heterocycles. The zero-order valence-electron chi connectivity index (χ0n) is 7.35. The third kappa shape index (κ3) is 2.98. The van der Waals surface area contributed by atoms with Gasteiger partial charge in [-0.25, -0.2) is 0 Å². The highest BCUT2D eigenvalue weighted by Crippen LogP contribution is 2.34. The van der Waals surface area contributed by atoms with Crippen LogP contribution in [0.1, 0.15) is 26.7 Å². The Bertz CT molecular complexity index is 116. The first kappa shape index (κ1) is 9.91. The zero-order valence-corrected chi connectivity index (χ0v) is 9.75. The molecule has 0 nitrogen and oxygen atoms in total. The van der Waals surface area contributed by atoms with Gasteiger partial charge < -0.3 is 0 Å². The first-order valence-electron chi connectivity index (χ1n) is 4.45. The van der Waals surface area contributed by atoms with Crippen molar-refractivity contribution in [2.75, 3.05) is 11.5 Å². The van der Waals surface area contributed by atoms with Crippen molar-refractivity contribution < 1.29 is 0 Å². The van der Waals surface area contributed by atoms with Crippen LogP contribution in [-0.2, 0) is 0 Å². The Hall–Kier alpha value is 0.830. The molecule has 0 bridgehead atoms. The Morgan fingerprint density at radius 2 is 2.27 bits per heavy atom. The average molecular weight is 237 g/mol. The van der Waals surface area contributed by atoms with Crippen molar-refractivity contribution >= 4 is 27.7 Å². The van der Waals surface area contributed by atoms with Crippen molar-refractivity contribution in [3.8, 4) is 0 Å². The fourth-order valence-corrected chi connectivity index (χ4v) is 3.99. The molecule has 0 spiro atoms. The molecule has 0 saturated carbocycles. The Balaban J connectivity index is 2.24. The maximum atomic E-state index is 3.74. The first-order chi connectivity index (χ1) is 5.24. The number of rotatable bonds is 3. The molecule has 1 aliphatic heterocycles. The summed E-state index contributed by atoms with van der Waals surface area (Å²) < 4.78 is 0. The Morgan fingerprint density at radius 1 is 1.55 bits per heavy atom. The highest BCUT2D eigenvalue weighted by atomic mass is 79.9. The van der Waals surface area contributed by atoms with Gasteiger partial charge in [-0.3, -0.25) is 0 Å². The van der Waals surface area contributed by atoms with Crippen molar-refractivity contribution in [1.82, 2.24) is 0 Å². The summed E-state index contributed by atoms with van der Waals surface area (Å²) in [5.74, 6) is 4.55. The molecule has 66 valence electrons. The molecular weight excluding hydrogens is 220 g/mol. The molecule has 1 fully saturated rings. The number of alkyl halides is 1. The quantitative estimate of drug-likeness (QED) is 0.676. The summed E-state index contributed by atoms with van der Waals surface area (Å²) in [7, 11) is 0. The SMILES string of the molecule is CCC(C)CC1CSCC1Br. The predicted octanol–water partition coefficient (Wildman–Crippen LogP) is 3.55. The van der Waals surface area contributed by atoms with E-state index in [-0.39, 0.29) is 0 Å². The molecule has 0 amide bonds. The third-order valence-corrected chi connectivity index (χ3v) is 5.28. The van der Waals surface area contributed by atoms with Gasteiger partial charge in [0.15, 0.2) is 0 Å². The van der Waals surface area contributed by atoms with Crippen LogP contribution in [0.25, 0.3) is 0 Å². The second kappa shape index (κ2) is 4.76. The van der Waals surface area contributed by atoms with E-state index in [0.717, 1.165) is 16.7 Å². The molecule has 1 heterocycles. The van der Waals surface area contributed by atoms with Crippen LogP contribution < -0.4 is 0 Å². The molecule has 1 rings (SSSR count). The highest BCUT2D eigenvalue weighted by molar-refractivity contribution is 9.09. The van der Waals surface area contributed by atoms with Crippen LogP contribution in [0.4, 0.5) is 0 Å². The summed E-state index contributed by atoms with van der Waals surface area (Å²) in [5, 5.41) is 0. The van der Waals surface area contributed by atoms with Gasteiger partial charge in [0.2, 0.25) is 0 Å². The lowest BCUT2D eigenvalue weighted by molar-refractivity contribution is 0.420. The van der Waals surface area contributed by atoms with Crippen molar-refractivity contribution in [2.45, 2.75) is 31.5 Å². The van der Waals surface area contributed by atoms with E-state index < -0.39 is 0 Å². The molecule has 0 aromatic carbocycles. The normalized spacial score (nSPS) is 34.1. The lowest BCUT2D eigenvalue weighted by atomic mass is 9.94. The average Bonchev–Trinajstić information content (AvgIpc) is 2.37. The molecule has 1 aliphatic rings. The smallest absolute Gasteiger partial charge is 0.0272 e. The van der Waals surface area contributed by atoms with Gasteiger partial charge in [-0.2, -0.15) is 11.8 Å². The number of hydrogen-bond acceptors (Lipinski definition) is 1. The molecule has 0 radical (unpaired) electrons. The molecule has 3 unspecified atom stereocenters. The summed E-state index contributed by atoms with van der Waals surface area (Å²) >= 11 is 5.84. The van der Waals surface area contributed by atoms with Crippen LogP contribution in [0.2, 0.25) is 0 Å². The van der Waals surface area contributed by atoms with E-state index in [0.29, 0.717) is 0 Å². The van der Waals surface area contributed by atoms with E-state index in [2.05, 4.69) is 41.5 Å². The van der Waals surface area contributed by atoms with E-state index in [4.69, 9.17) is 0 Å². The van der Waals surface area contributed by atoms with Gasteiger partial charge >= 0.3 is 0 Å². The molecule has 1 saturated heterocycles. The minimum absolute atomic E-state index is 0.793. The van der Waals surface area contributed by atoms with E-state index in [1.54, 1.807) is 0 Å². The van der Waals surface area contributed by atoms with Crippen LogP contribution in [0.5, 0.6) is 0 Å². The van der Waals surface area contributed by atoms with Crippen LogP contribution in [0, 0.1) is 11.8 Å². The van der Waals surface area contributed by atoms with Crippen LogP contribution in [-0.4, -0.2) is 16.3 Å². The lowest BCUT2D eigenvalue weighted by Gasteiger charge is -2.16. The second-order valence-electron chi connectivity index (χ2n) is 3.56. The van der Waals surface area contributed by atoms with Gasteiger partial charge in [0.1, 0.15) is 0 Å². The largest absolute Gasteiger partial charge is 0.161 e. The van der Waals surface area contributed by atoms with E-state index >= 15 is 0 Å². The fourth-order valence-electron chi connectivity index (χ4n) is 1.47. The Labute approximate surface area is 82.6 Å². The summed E-state index contributed by atoms with van der Waals surface area (Å²) in [6.45, 7) is 4.65. The highest BCUT2D eigenvalue weighted by Gasteiger charge is 2.26. The van der Waals surface area contributed by atoms with E-state index in [1.165, 1.54) is 24.3 Å². The minimum Gasteiger partial charge on any atom is -0.161 e. The standard InChI is InChI=1S/C9H17BrS/c1-3-7(2)4-8-5-11-6-9(8)10/h7-9H,3-6H2,1-2H3. The van der Waals surface area contributed by atoms with Crippen molar-refractivity contribution in [2.24, 2.45) is 11.8 Å². The molecule has 3 atom stereocenters. The van der Waals surface area contributed by atoms with Gasteiger partial charge in [0.25, 0.3) is 0 Å². The monoisotopic (exact) mass is 236 g/mol. The number of halogens is 1. The fraction of sp³-hybridized carbons (Fsp3) is 1.00. The molecule has 0 N–H and O–H groups in total. The molecule has 2 heteroatoms. The molecule has 0 aromatic rings. The van der Waals surface area contributed by atoms with Gasteiger partial charge in [0, 0.05) is 10.6 Å². The van der Waals surface area contributed by atoms with Crippen LogP contribution >= 0.6 is 27.7 Å².